The first-order valence-electron chi connectivity index (χ1n) is 7.54. The molecule has 3 unspecified atom stereocenters. The zero-order valence-corrected chi connectivity index (χ0v) is 13.2. The molecule has 0 spiro atoms. The number of likely N-dealkylation sites (N-methyl/N-ethyl adjacent to an activating group) is 1. The smallest absolute Gasteiger partial charge is 0.0623 e. The Bertz CT molecular complexity index is 237. The molecule has 4 nitrogen and oxygen atoms in total. The van der Waals surface area contributed by atoms with E-state index >= 15 is 0 Å². The van der Waals surface area contributed by atoms with Crippen molar-refractivity contribution in [3.63, 3.8) is 0 Å². The molecule has 1 heterocycles. The van der Waals surface area contributed by atoms with Crippen LogP contribution in [0.4, 0.5) is 0 Å². The normalized spacial score (nSPS) is 31.4. The summed E-state index contributed by atoms with van der Waals surface area (Å²) in [5.41, 5.74) is 0. The van der Waals surface area contributed by atoms with Crippen molar-refractivity contribution in [1.29, 1.82) is 0 Å². The van der Waals surface area contributed by atoms with Gasteiger partial charge >= 0.3 is 0 Å². The molecule has 1 saturated heterocycles. The number of hydrogen-bond donors (Lipinski definition) is 2. The van der Waals surface area contributed by atoms with E-state index in [-0.39, 0.29) is 12.4 Å². The molecule has 114 valence electrons. The molecule has 1 aliphatic carbocycles. The van der Waals surface area contributed by atoms with Gasteiger partial charge in [0.25, 0.3) is 0 Å². The van der Waals surface area contributed by atoms with Gasteiger partial charge in [0.1, 0.15) is 0 Å². The molecule has 0 bridgehead atoms. The number of morpholine rings is 1. The van der Waals surface area contributed by atoms with E-state index in [0.717, 1.165) is 45.3 Å². The van der Waals surface area contributed by atoms with Crippen LogP contribution in [-0.2, 0) is 4.74 Å². The standard InChI is InChI=1S/C14H29N3O.ClH/c1-3-17(2)9-7-15-13-6-4-5-12(13)14-11-18-10-8-16-14;/h12-16H,3-11H2,1-2H3;1H. The lowest BCUT2D eigenvalue weighted by Crippen LogP contribution is -2.51. The first-order valence-corrected chi connectivity index (χ1v) is 7.54. The summed E-state index contributed by atoms with van der Waals surface area (Å²) in [4.78, 5) is 2.36. The maximum absolute atomic E-state index is 5.60. The molecule has 2 aliphatic rings. The Labute approximate surface area is 124 Å². The average molecular weight is 292 g/mol. The van der Waals surface area contributed by atoms with Gasteiger partial charge in [0.15, 0.2) is 0 Å². The van der Waals surface area contributed by atoms with Gasteiger partial charge in [-0.3, -0.25) is 0 Å². The highest BCUT2D eigenvalue weighted by atomic mass is 35.5. The van der Waals surface area contributed by atoms with E-state index in [1.54, 1.807) is 0 Å². The van der Waals surface area contributed by atoms with E-state index in [9.17, 15) is 0 Å². The number of hydrogen-bond acceptors (Lipinski definition) is 4. The molecule has 0 aromatic rings. The van der Waals surface area contributed by atoms with Crippen LogP contribution < -0.4 is 10.6 Å². The SMILES string of the molecule is CCN(C)CCNC1CCCC1C1COCCN1.Cl. The zero-order chi connectivity index (χ0) is 12.8. The van der Waals surface area contributed by atoms with Gasteiger partial charge in [0.05, 0.1) is 13.2 Å². The number of nitrogens with one attached hydrogen (secondary N) is 2. The van der Waals surface area contributed by atoms with Crippen LogP contribution in [0, 0.1) is 5.92 Å². The molecule has 0 amide bonds. The molecule has 1 aliphatic heterocycles. The predicted octanol–water partition coefficient (Wildman–Crippen LogP) is 1.11. The van der Waals surface area contributed by atoms with Gasteiger partial charge < -0.3 is 20.3 Å². The van der Waals surface area contributed by atoms with Crippen LogP contribution in [0.3, 0.4) is 0 Å². The van der Waals surface area contributed by atoms with Crippen LogP contribution in [0.5, 0.6) is 0 Å². The van der Waals surface area contributed by atoms with Gasteiger partial charge in [-0.2, -0.15) is 0 Å². The zero-order valence-electron chi connectivity index (χ0n) is 12.4. The predicted molar refractivity (Wildman–Crippen MR) is 82.2 cm³/mol. The van der Waals surface area contributed by atoms with Crippen molar-refractivity contribution in [2.24, 2.45) is 5.92 Å². The Hall–Kier alpha value is 0.130. The van der Waals surface area contributed by atoms with Crippen molar-refractivity contribution in [3.8, 4) is 0 Å². The number of nitrogens with zero attached hydrogens (tertiary/aromatic N) is 1. The lowest BCUT2D eigenvalue weighted by atomic mass is 9.94. The number of halogens is 1. The fourth-order valence-corrected chi connectivity index (χ4v) is 3.18. The second-order valence-electron chi connectivity index (χ2n) is 5.69. The summed E-state index contributed by atoms with van der Waals surface area (Å²) >= 11 is 0. The summed E-state index contributed by atoms with van der Waals surface area (Å²) < 4.78 is 5.60. The molecule has 0 aromatic heterocycles. The summed E-state index contributed by atoms with van der Waals surface area (Å²) in [6.07, 6.45) is 4.05. The largest absolute Gasteiger partial charge is 0.379 e. The molecule has 3 atom stereocenters. The van der Waals surface area contributed by atoms with Gasteiger partial charge in [-0.05, 0) is 32.4 Å². The van der Waals surface area contributed by atoms with Crippen molar-refractivity contribution in [2.75, 3.05) is 46.4 Å². The second kappa shape index (κ2) is 9.14. The van der Waals surface area contributed by atoms with Gasteiger partial charge in [0, 0.05) is 31.7 Å². The van der Waals surface area contributed by atoms with Crippen LogP contribution in [0.2, 0.25) is 0 Å². The Morgan fingerprint density at radius 3 is 2.89 bits per heavy atom. The van der Waals surface area contributed by atoms with Crippen LogP contribution in [-0.4, -0.2) is 63.4 Å². The summed E-state index contributed by atoms with van der Waals surface area (Å²) in [5.74, 6) is 0.761. The third kappa shape index (κ3) is 5.20. The summed E-state index contributed by atoms with van der Waals surface area (Å²) in [7, 11) is 2.18. The van der Waals surface area contributed by atoms with E-state index in [0.29, 0.717) is 12.1 Å². The van der Waals surface area contributed by atoms with Crippen molar-refractivity contribution < 1.29 is 4.74 Å². The monoisotopic (exact) mass is 291 g/mol. The Morgan fingerprint density at radius 1 is 1.37 bits per heavy atom. The first-order chi connectivity index (χ1) is 8.81. The first kappa shape index (κ1) is 17.2. The van der Waals surface area contributed by atoms with E-state index in [4.69, 9.17) is 4.74 Å². The number of ether oxygens (including phenoxy) is 1. The molecule has 2 rings (SSSR count). The van der Waals surface area contributed by atoms with E-state index in [2.05, 4.69) is 29.5 Å². The molecule has 2 fully saturated rings. The van der Waals surface area contributed by atoms with Crippen LogP contribution in [0.25, 0.3) is 0 Å². The lowest BCUT2D eigenvalue weighted by Gasteiger charge is -2.33. The summed E-state index contributed by atoms with van der Waals surface area (Å²) in [5, 5.41) is 7.38. The van der Waals surface area contributed by atoms with Gasteiger partial charge in [-0.15, -0.1) is 12.4 Å². The van der Waals surface area contributed by atoms with Gasteiger partial charge in [-0.25, -0.2) is 0 Å². The molecule has 0 aromatic carbocycles. The average Bonchev–Trinajstić information content (AvgIpc) is 2.88. The number of rotatable bonds is 6. The van der Waals surface area contributed by atoms with E-state index < -0.39 is 0 Å². The molecule has 2 N–H and O–H groups in total. The molecule has 0 radical (unpaired) electrons. The molecule has 1 saturated carbocycles. The Kier molecular flexibility index (Phi) is 8.26. The molecule has 5 heteroatoms. The minimum atomic E-state index is 0. The fourth-order valence-electron chi connectivity index (χ4n) is 3.18. The second-order valence-corrected chi connectivity index (χ2v) is 5.69. The topological polar surface area (TPSA) is 36.5 Å². The van der Waals surface area contributed by atoms with Crippen molar-refractivity contribution >= 4 is 12.4 Å². The van der Waals surface area contributed by atoms with Crippen LogP contribution >= 0.6 is 12.4 Å². The summed E-state index contributed by atoms with van der Waals surface area (Å²) in [6.45, 7) is 8.40. The van der Waals surface area contributed by atoms with Crippen molar-refractivity contribution in [3.05, 3.63) is 0 Å². The minimum absolute atomic E-state index is 0. The van der Waals surface area contributed by atoms with Crippen LogP contribution in [0.15, 0.2) is 0 Å². The highest BCUT2D eigenvalue weighted by molar-refractivity contribution is 5.85. The third-order valence-corrected chi connectivity index (χ3v) is 4.48. The Morgan fingerprint density at radius 2 is 2.21 bits per heavy atom. The highest BCUT2D eigenvalue weighted by Crippen LogP contribution is 2.29. The van der Waals surface area contributed by atoms with E-state index in [1.807, 2.05) is 0 Å². The highest BCUT2D eigenvalue weighted by Gasteiger charge is 2.34. The van der Waals surface area contributed by atoms with Crippen molar-refractivity contribution in [1.82, 2.24) is 15.5 Å². The van der Waals surface area contributed by atoms with E-state index in [1.165, 1.54) is 19.3 Å². The van der Waals surface area contributed by atoms with Crippen molar-refractivity contribution in [2.45, 2.75) is 38.3 Å². The lowest BCUT2D eigenvalue weighted by molar-refractivity contribution is 0.0524. The fraction of sp³-hybridized carbons (Fsp3) is 1.00. The quantitative estimate of drug-likeness (QED) is 0.769. The minimum Gasteiger partial charge on any atom is -0.379 e. The van der Waals surface area contributed by atoms with Gasteiger partial charge in [-0.1, -0.05) is 13.3 Å². The van der Waals surface area contributed by atoms with Crippen LogP contribution in [0.1, 0.15) is 26.2 Å². The molecular formula is C14H30ClN3O. The maximum atomic E-state index is 5.60. The summed E-state index contributed by atoms with van der Waals surface area (Å²) in [6, 6.07) is 1.26. The Balaban J connectivity index is 0.00000180. The molecule has 19 heavy (non-hydrogen) atoms. The molecular weight excluding hydrogens is 262 g/mol. The third-order valence-electron chi connectivity index (χ3n) is 4.48. The maximum Gasteiger partial charge on any atom is 0.0623 e. The van der Waals surface area contributed by atoms with Gasteiger partial charge in [0.2, 0.25) is 0 Å².